The minimum Gasteiger partial charge on any atom is -0.481 e. The first-order valence-electron chi connectivity index (χ1n) is 6.06. The lowest BCUT2D eigenvalue weighted by Crippen LogP contribution is -2.33. The molecule has 1 aromatic carbocycles. The number of hydrogen-bond acceptors (Lipinski definition) is 2. The Morgan fingerprint density at radius 3 is 2.33 bits per heavy atom. The lowest BCUT2D eigenvalue weighted by atomic mass is 9.95. The van der Waals surface area contributed by atoms with Gasteiger partial charge in [-0.3, -0.25) is 4.79 Å². The van der Waals surface area contributed by atoms with Gasteiger partial charge in [-0.25, -0.2) is 0 Å². The van der Waals surface area contributed by atoms with E-state index in [0.717, 1.165) is 11.0 Å². The Morgan fingerprint density at radius 2 is 1.89 bits per heavy atom. The first kappa shape index (κ1) is 15.2. The summed E-state index contributed by atoms with van der Waals surface area (Å²) in [5.74, 6) is -0.882. The second kappa shape index (κ2) is 6.90. The number of carboxylic acid groups (broad SMARTS) is 1. The van der Waals surface area contributed by atoms with Gasteiger partial charge < -0.3 is 10.0 Å². The lowest BCUT2D eigenvalue weighted by molar-refractivity contribution is -0.144. The number of carboxylic acids is 1. The van der Waals surface area contributed by atoms with Gasteiger partial charge in [-0.15, -0.1) is 0 Å². The van der Waals surface area contributed by atoms with Crippen LogP contribution in [0.2, 0.25) is 0 Å². The highest BCUT2D eigenvalue weighted by molar-refractivity contribution is 9.10. The maximum Gasteiger partial charge on any atom is 0.308 e. The molecule has 1 rings (SSSR count). The van der Waals surface area contributed by atoms with Crippen molar-refractivity contribution in [2.24, 2.45) is 11.8 Å². The molecule has 100 valence electrons. The van der Waals surface area contributed by atoms with Gasteiger partial charge in [-0.1, -0.05) is 41.9 Å². The van der Waals surface area contributed by atoms with Crippen LogP contribution in [0.4, 0.5) is 0 Å². The van der Waals surface area contributed by atoms with Gasteiger partial charge in [-0.2, -0.15) is 0 Å². The molecular weight excluding hydrogens is 294 g/mol. The highest BCUT2D eigenvalue weighted by atomic mass is 79.9. The Labute approximate surface area is 117 Å². The highest BCUT2D eigenvalue weighted by Gasteiger charge is 2.22. The van der Waals surface area contributed by atoms with Crippen LogP contribution in [-0.2, 0) is 11.3 Å². The number of rotatable bonds is 6. The van der Waals surface area contributed by atoms with Gasteiger partial charge in [0.15, 0.2) is 0 Å². The van der Waals surface area contributed by atoms with E-state index in [4.69, 9.17) is 5.11 Å². The molecule has 0 aliphatic carbocycles. The number of nitrogens with zero attached hydrogens (tertiary/aromatic N) is 1. The third kappa shape index (κ3) is 4.78. The van der Waals surface area contributed by atoms with E-state index in [1.54, 1.807) is 0 Å². The predicted octanol–water partition coefficient (Wildman–Crippen LogP) is 3.24. The smallest absolute Gasteiger partial charge is 0.308 e. The summed E-state index contributed by atoms with van der Waals surface area (Å²) in [4.78, 5) is 13.2. The van der Waals surface area contributed by atoms with Gasteiger partial charge in [0.25, 0.3) is 0 Å². The molecule has 0 saturated heterocycles. The van der Waals surface area contributed by atoms with Crippen LogP contribution in [0.5, 0.6) is 0 Å². The standard InChI is InChI=1S/C14H20BrNO2/c1-10(2)13(14(17)18)9-16(3)8-11-4-6-12(15)7-5-11/h4-7,10,13H,8-9H2,1-3H3,(H,17,18). The zero-order valence-corrected chi connectivity index (χ0v) is 12.6. The molecule has 0 aliphatic heterocycles. The maximum absolute atomic E-state index is 11.1. The molecule has 1 unspecified atom stereocenters. The number of halogens is 1. The van der Waals surface area contributed by atoms with Crippen molar-refractivity contribution in [3.05, 3.63) is 34.3 Å². The molecule has 0 saturated carbocycles. The fourth-order valence-electron chi connectivity index (χ4n) is 1.88. The first-order valence-corrected chi connectivity index (χ1v) is 6.85. The van der Waals surface area contributed by atoms with Crippen LogP contribution < -0.4 is 0 Å². The summed E-state index contributed by atoms with van der Waals surface area (Å²) >= 11 is 3.40. The van der Waals surface area contributed by atoms with Crippen molar-refractivity contribution in [1.29, 1.82) is 0 Å². The van der Waals surface area contributed by atoms with Crippen molar-refractivity contribution in [1.82, 2.24) is 4.90 Å². The molecule has 1 atom stereocenters. The lowest BCUT2D eigenvalue weighted by Gasteiger charge is -2.23. The van der Waals surface area contributed by atoms with E-state index in [0.29, 0.717) is 6.54 Å². The number of aliphatic carboxylic acids is 1. The van der Waals surface area contributed by atoms with Gasteiger partial charge in [0.1, 0.15) is 0 Å². The van der Waals surface area contributed by atoms with Crippen LogP contribution in [0.3, 0.4) is 0 Å². The fourth-order valence-corrected chi connectivity index (χ4v) is 2.14. The van der Waals surface area contributed by atoms with Crippen LogP contribution in [0.15, 0.2) is 28.7 Å². The van der Waals surface area contributed by atoms with Crippen molar-refractivity contribution in [3.63, 3.8) is 0 Å². The van der Waals surface area contributed by atoms with E-state index < -0.39 is 5.97 Å². The molecule has 0 fully saturated rings. The quantitative estimate of drug-likeness (QED) is 0.876. The maximum atomic E-state index is 11.1. The molecule has 0 heterocycles. The summed E-state index contributed by atoms with van der Waals surface area (Å²) in [6.07, 6.45) is 0. The number of hydrogen-bond donors (Lipinski definition) is 1. The normalized spacial score (nSPS) is 13.0. The van der Waals surface area contributed by atoms with Crippen molar-refractivity contribution >= 4 is 21.9 Å². The van der Waals surface area contributed by atoms with E-state index in [2.05, 4.69) is 20.8 Å². The molecule has 0 aliphatic rings. The Morgan fingerprint density at radius 1 is 1.33 bits per heavy atom. The van der Waals surface area contributed by atoms with Crippen molar-refractivity contribution in [2.45, 2.75) is 20.4 Å². The van der Waals surface area contributed by atoms with Crippen LogP contribution in [-0.4, -0.2) is 29.6 Å². The summed E-state index contributed by atoms with van der Waals surface area (Å²) in [7, 11) is 1.96. The van der Waals surface area contributed by atoms with Crippen LogP contribution >= 0.6 is 15.9 Å². The summed E-state index contributed by atoms with van der Waals surface area (Å²) in [6, 6.07) is 8.10. The summed E-state index contributed by atoms with van der Waals surface area (Å²) in [6.45, 7) is 5.24. The minimum atomic E-state index is -0.715. The van der Waals surface area contributed by atoms with Gasteiger partial charge in [0.2, 0.25) is 0 Å². The van der Waals surface area contributed by atoms with E-state index in [1.807, 2.05) is 45.2 Å². The van der Waals surface area contributed by atoms with E-state index in [1.165, 1.54) is 5.56 Å². The van der Waals surface area contributed by atoms with Crippen molar-refractivity contribution < 1.29 is 9.90 Å². The van der Waals surface area contributed by atoms with Crippen LogP contribution in [0, 0.1) is 11.8 Å². The second-order valence-electron chi connectivity index (χ2n) is 5.01. The molecule has 18 heavy (non-hydrogen) atoms. The molecule has 0 amide bonds. The molecule has 1 aromatic rings. The Balaban J connectivity index is 2.57. The highest BCUT2D eigenvalue weighted by Crippen LogP contribution is 2.15. The van der Waals surface area contributed by atoms with Gasteiger partial charge >= 0.3 is 5.97 Å². The van der Waals surface area contributed by atoms with Crippen LogP contribution in [0.25, 0.3) is 0 Å². The molecule has 4 heteroatoms. The Bertz CT molecular complexity index is 389. The molecule has 0 bridgehead atoms. The summed E-state index contributed by atoms with van der Waals surface area (Å²) in [5.41, 5.74) is 1.19. The van der Waals surface area contributed by atoms with Crippen molar-refractivity contribution in [2.75, 3.05) is 13.6 Å². The van der Waals surface area contributed by atoms with Crippen LogP contribution in [0.1, 0.15) is 19.4 Å². The van der Waals surface area contributed by atoms with E-state index in [9.17, 15) is 4.79 Å². The molecule has 1 N–H and O–H groups in total. The summed E-state index contributed by atoms with van der Waals surface area (Å²) in [5, 5.41) is 9.16. The first-order chi connectivity index (χ1) is 8.40. The predicted molar refractivity (Wildman–Crippen MR) is 76.4 cm³/mol. The van der Waals surface area contributed by atoms with E-state index in [-0.39, 0.29) is 11.8 Å². The third-order valence-electron chi connectivity index (χ3n) is 3.00. The van der Waals surface area contributed by atoms with Gasteiger partial charge in [-0.05, 0) is 30.7 Å². The third-order valence-corrected chi connectivity index (χ3v) is 3.52. The van der Waals surface area contributed by atoms with Gasteiger partial charge in [0, 0.05) is 17.6 Å². The molecule has 3 nitrogen and oxygen atoms in total. The van der Waals surface area contributed by atoms with E-state index >= 15 is 0 Å². The molecular formula is C14H20BrNO2. The molecule has 0 spiro atoms. The van der Waals surface area contributed by atoms with Gasteiger partial charge in [0.05, 0.1) is 5.92 Å². The second-order valence-corrected chi connectivity index (χ2v) is 5.93. The Hall–Kier alpha value is -0.870. The minimum absolute atomic E-state index is 0.148. The zero-order chi connectivity index (χ0) is 13.7. The molecule has 0 radical (unpaired) electrons. The molecule has 0 aromatic heterocycles. The average Bonchev–Trinajstić information content (AvgIpc) is 2.28. The Kier molecular flexibility index (Phi) is 5.82. The summed E-state index contributed by atoms with van der Waals surface area (Å²) < 4.78 is 1.06. The topological polar surface area (TPSA) is 40.5 Å². The average molecular weight is 314 g/mol. The fraction of sp³-hybridized carbons (Fsp3) is 0.500. The number of benzene rings is 1. The monoisotopic (exact) mass is 313 g/mol. The zero-order valence-electron chi connectivity index (χ0n) is 11.1. The number of carbonyl (C=O) groups is 1. The van der Waals surface area contributed by atoms with Crippen molar-refractivity contribution in [3.8, 4) is 0 Å². The largest absolute Gasteiger partial charge is 0.481 e. The SMILES string of the molecule is CC(C)C(CN(C)Cc1ccc(Br)cc1)C(=O)O.